The molecule has 1 N–H and O–H groups in total. The van der Waals surface area contributed by atoms with Crippen LogP contribution in [0.2, 0.25) is 0 Å². The number of carbonyl (C=O) groups excluding carboxylic acids is 1. The first-order chi connectivity index (χ1) is 13.6. The van der Waals surface area contributed by atoms with Gasteiger partial charge in [0.25, 0.3) is 0 Å². The molecule has 1 aromatic carbocycles. The summed E-state index contributed by atoms with van der Waals surface area (Å²) in [5.74, 6) is -0.232. The van der Waals surface area contributed by atoms with Crippen LogP contribution in [-0.4, -0.2) is 64.1 Å². The summed E-state index contributed by atoms with van der Waals surface area (Å²) >= 11 is 0. The van der Waals surface area contributed by atoms with Gasteiger partial charge in [-0.25, -0.2) is 21.1 Å². The maximum absolute atomic E-state index is 13.1. The molecule has 2 fully saturated rings. The van der Waals surface area contributed by atoms with Gasteiger partial charge in [0.15, 0.2) is 0 Å². The molecule has 1 aromatic rings. The fourth-order valence-electron chi connectivity index (χ4n) is 3.96. The quantitative estimate of drug-likeness (QED) is 0.718. The SMILES string of the molecule is CN(C)S(=O)(=O)c1ccc(S(=O)(=O)N2CCCC2C(=O)NC2CCCCC2)cc1. The van der Waals surface area contributed by atoms with Gasteiger partial charge in [0.1, 0.15) is 6.04 Å². The van der Waals surface area contributed by atoms with Crippen molar-refractivity contribution in [2.75, 3.05) is 20.6 Å². The summed E-state index contributed by atoms with van der Waals surface area (Å²) in [6, 6.07) is 4.56. The third-order valence-corrected chi connectivity index (χ3v) is 9.42. The van der Waals surface area contributed by atoms with Crippen LogP contribution >= 0.6 is 0 Å². The van der Waals surface area contributed by atoms with Crippen LogP contribution in [0.15, 0.2) is 34.1 Å². The molecule has 1 aliphatic heterocycles. The maximum Gasteiger partial charge on any atom is 0.243 e. The van der Waals surface area contributed by atoms with Crippen LogP contribution in [0.25, 0.3) is 0 Å². The molecule has 8 nitrogen and oxygen atoms in total. The predicted molar refractivity (Wildman–Crippen MR) is 109 cm³/mol. The molecular weight excluding hydrogens is 414 g/mol. The van der Waals surface area contributed by atoms with Crippen molar-refractivity contribution in [2.24, 2.45) is 0 Å². The average molecular weight is 444 g/mol. The Balaban J connectivity index is 1.78. The lowest BCUT2D eigenvalue weighted by atomic mass is 9.95. The first-order valence-electron chi connectivity index (χ1n) is 9.99. The minimum absolute atomic E-state index is 0.00688. The molecule has 1 aliphatic carbocycles. The van der Waals surface area contributed by atoms with Gasteiger partial charge in [-0.05, 0) is 49.9 Å². The number of benzene rings is 1. The third-order valence-electron chi connectivity index (χ3n) is 5.67. The molecule has 1 unspecified atom stereocenters. The maximum atomic E-state index is 13.1. The van der Waals surface area contributed by atoms with E-state index in [1.54, 1.807) is 0 Å². The molecule has 0 bridgehead atoms. The summed E-state index contributed by atoms with van der Waals surface area (Å²) < 4.78 is 53.0. The van der Waals surface area contributed by atoms with E-state index < -0.39 is 26.1 Å². The summed E-state index contributed by atoms with van der Waals surface area (Å²) in [5.41, 5.74) is 0. The second-order valence-electron chi connectivity index (χ2n) is 7.88. The van der Waals surface area contributed by atoms with Crippen molar-refractivity contribution in [2.45, 2.75) is 66.8 Å². The largest absolute Gasteiger partial charge is 0.352 e. The minimum atomic E-state index is -3.89. The molecule has 0 radical (unpaired) electrons. The molecule has 29 heavy (non-hydrogen) atoms. The number of rotatable bonds is 6. The van der Waals surface area contributed by atoms with Crippen molar-refractivity contribution in [3.8, 4) is 0 Å². The molecule has 2 aliphatic rings. The number of nitrogens with zero attached hydrogens (tertiary/aromatic N) is 2. The highest BCUT2D eigenvalue weighted by Crippen LogP contribution is 2.28. The zero-order valence-corrected chi connectivity index (χ0v) is 18.5. The molecule has 1 saturated heterocycles. The van der Waals surface area contributed by atoms with Crippen molar-refractivity contribution in [1.29, 1.82) is 0 Å². The standard InChI is InChI=1S/C19H29N3O5S2/c1-21(2)28(24,25)16-10-12-17(13-11-16)29(26,27)22-14-6-9-18(22)19(23)20-15-7-4-3-5-8-15/h10-13,15,18H,3-9,14H2,1-2H3,(H,20,23). The molecule has 1 heterocycles. The van der Waals surface area contributed by atoms with Crippen molar-refractivity contribution < 1.29 is 21.6 Å². The fourth-order valence-corrected chi connectivity index (χ4v) is 6.52. The van der Waals surface area contributed by atoms with Gasteiger partial charge in [0, 0.05) is 26.7 Å². The van der Waals surface area contributed by atoms with E-state index in [4.69, 9.17) is 0 Å². The summed E-state index contributed by atoms with van der Waals surface area (Å²) in [6.07, 6.45) is 6.33. The highest BCUT2D eigenvalue weighted by atomic mass is 32.2. The van der Waals surface area contributed by atoms with Crippen molar-refractivity contribution in [1.82, 2.24) is 13.9 Å². The van der Waals surface area contributed by atoms with Crippen LogP contribution in [0.4, 0.5) is 0 Å². The summed E-state index contributed by atoms with van der Waals surface area (Å²) in [6.45, 7) is 0.281. The number of amides is 1. The van der Waals surface area contributed by atoms with E-state index in [-0.39, 0.29) is 28.3 Å². The number of hydrogen-bond donors (Lipinski definition) is 1. The van der Waals surface area contributed by atoms with Gasteiger partial charge in [-0.1, -0.05) is 19.3 Å². The van der Waals surface area contributed by atoms with E-state index in [1.807, 2.05) is 0 Å². The lowest BCUT2D eigenvalue weighted by molar-refractivity contribution is -0.125. The first kappa shape index (κ1) is 22.2. The van der Waals surface area contributed by atoms with Gasteiger partial charge in [-0.15, -0.1) is 0 Å². The Bertz CT molecular complexity index is 937. The Morgan fingerprint density at radius 3 is 2.10 bits per heavy atom. The Morgan fingerprint density at radius 2 is 1.52 bits per heavy atom. The fraction of sp³-hybridized carbons (Fsp3) is 0.632. The number of nitrogens with one attached hydrogen (secondary N) is 1. The van der Waals surface area contributed by atoms with Crippen LogP contribution in [0, 0.1) is 0 Å². The molecule has 162 valence electrons. The number of sulfonamides is 2. The average Bonchev–Trinajstić information content (AvgIpc) is 3.20. The highest BCUT2D eigenvalue weighted by molar-refractivity contribution is 7.89. The van der Waals surface area contributed by atoms with E-state index in [0.29, 0.717) is 12.8 Å². The van der Waals surface area contributed by atoms with E-state index in [2.05, 4.69) is 5.32 Å². The minimum Gasteiger partial charge on any atom is -0.352 e. The summed E-state index contributed by atoms with van der Waals surface area (Å²) in [7, 11) is -4.70. The van der Waals surface area contributed by atoms with E-state index in [0.717, 1.165) is 30.0 Å². The number of hydrogen-bond acceptors (Lipinski definition) is 5. The molecule has 0 aromatic heterocycles. The second-order valence-corrected chi connectivity index (χ2v) is 11.9. The van der Waals surface area contributed by atoms with Crippen molar-refractivity contribution in [3.05, 3.63) is 24.3 Å². The molecule has 3 rings (SSSR count). The van der Waals surface area contributed by atoms with Gasteiger partial charge < -0.3 is 5.32 Å². The molecule has 10 heteroatoms. The third kappa shape index (κ3) is 4.65. The second kappa shape index (κ2) is 8.71. The Morgan fingerprint density at radius 1 is 0.931 bits per heavy atom. The predicted octanol–water partition coefficient (Wildman–Crippen LogP) is 1.54. The van der Waals surface area contributed by atoms with Gasteiger partial charge in [-0.3, -0.25) is 4.79 Å². The number of carbonyl (C=O) groups is 1. The normalized spacial score (nSPS) is 22.1. The van der Waals surface area contributed by atoms with Gasteiger partial charge in [0.05, 0.1) is 9.79 Å². The van der Waals surface area contributed by atoms with Gasteiger partial charge in [0.2, 0.25) is 26.0 Å². The lowest BCUT2D eigenvalue weighted by Gasteiger charge is -2.28. The topological polar surface area (TPSA) is 104 Å². The first-order valence-corrected chi connectivity index (χ1v) is 12.9. The smallest absolute Gasteiger partial charge is 0.243 e. The summed E-state index contributed by atoms with van der Waals surface area (Å²) in [5, 5.41) is 3.03. The monoisotopic (exact) mass is 443 g/mol. The molecule has 1 amide bonds. The van der Waals surface area contributed by atoms with E-state index in [1.165, 1.54) is 49.1 Å². The molecular formula is C19H29N3O5S2. The van der Waals surface area contributed by atoms with Crippen molar-refractivity contribution in [3.63, 3.8) is 0 Å². The Kier molecular flexibility index (Phi) is 6.67. The zero-order chi connectivity index (χ0) is 21.2. The Labute approximate surface area is 173 Å². The molecule has 1 atom stereocenters. The van der Waals surface area contributed by atoms with Crippen LogP contribution in [0.5, 0.6) is 0 Å². The van der Waals surface area contributed by atoms with Gasteiger partial charge in [-0.2, -0.15) is 4.31 Å². The van der Waals surface area contributed by atoms with Crippen LogP contribution < -0.4 is 5.32 Å². The lowest BCUT2D eigenvalue weighted by Crippen LogP contribution is -2.49. The van der Waals surface area contributed by atoms with Crippen LogP contribution in [0.3, 0.4) is 0 Å². The summed E-state index contributed by atoms with van der Waals surface area (Å²) in [4.78, 5) is 12.8. The van der Waals surface area contributed by atoms with Gasteiger partial charge >= 0.3 is 0 Å². The molecule has 0 spiro atoms. The van der Waals surface area contributed by atoms with Crippen molar-refractivity contribution >= 4 is 26.0 Å². The van der Waals surface area contributed by atoms with E-state index >= 15 is 0 Å². The van der Waals surface area contributed by atoms with E-state index in [9.17, 15) is 21.6 Å². The molecule has 1 saturated carbocycles. The highest BCUT2D eigenvalue weighted by Gasteiger charge is 2.40. The van der Waals surface area contributed by atoms with Crippen LogP contribution in [0.1, 0.15) is 44.9 Å². The zero-order valence-electron chi connectivity index (χ0n) is 16.9. The Hall–Kier alpha value is -1.49. The van der Waals surface area contributed by atoms with Crippen LogP contribution in [-0.2, 0) is 24.8 Å².